The molecule has 0 bridgehead atoms. The number of rotatable bonds is 8. The van der Waals surface area contributed by atoms with Crippen molar-refractivity contribution in [2.24, 2.45) is 0 Å². The summed E-state index contributed by atoms with van der Waals surface area (Å²) in [5.41, 5.74) is 2.13. The van der Waals surface area contributed by atoms with Crippen molar-refractivity contribution in [3.8, 4) is 0 Å². The van der Waals surface area contributed by atoms with E-state index < -0.39 is 5.97 Å². The number of hydrogen-bond donors (Lipinski definition) is 1. The fourth-order valence-corrected chi connectivity index (χ4v) is 2.02. The molecule has 0 spiro atoms. The molecule has 0 aromatic heterocycles. The van der Waals surface area contributed by atoms with Crippen LogP contribution in [0.3, 0.4) is 0 Å². The van der Waals surface area contributed by atoms with Crippen molar-refractivity contribution in [1.82, 2.24) is 0 Å². The summed E-state index contributed by atoms with van der Waals surface area (Å²) in [6, 6.07) is 5.39. The highest BCUT2D eigenvalue weighted by Crippen LogP contribution is 2.24. The zero-order valence-corrected chi connectivity index (χ0v) is 12.0. The normalized spacial score (nSPS) is 10.5. The smallest absolute Gasteiger partial charge is 0.337 e. The van der Waals surface area contributed by atoms with Crippen LogP contribution in [0.1, 0.15) is 35.7 Å². The number of para-hydroxylation sites is 1. The zero-order chi connectivity index (χ0) is 14.3. The van der Waals surface area contributed by atoms with Crippen LogP contribution in [-0.4, -0.2) is 38.4 Å². The Labute approximate surface area is 115 Å². The summed E-state index contributed by atoms with van der Waals surface area (Å²) in [5.74, 6) is -0.891. The van der Waals surface area contributed by atoms with Crippen LogP contribution in [0.2, 0.25) is 0 Å². The van der Waals surface area contributed by atoms with Crippen molar-refractivity contribution in [2.75, 3.05) is 32.2 Å². The Kier molecular flexibility index (Phi) is 6.36. The molecule has 1 N–H and O–H groups in total. The highest BCUT2D eigenvalue weighted by molar-refractivity contribution is 5.95. The van der Waals surface area contributed by atoms with Crippen LogP contribution in [0.25, 0.3) is 0 Å². The maximum atomic E-state index is 11.2. The van der Waals surface area contributed by atoms with Crippen molar-refractivity contribution in [3.63, 3.8) is 0 Å². The average Bonchev–Trinajstić information content (AvgIpc) is 2.37. The van der Waals surface area contributed by atoms with E-state index in [2.05, 4.69) is 6.92 Å². The standard InChI is InChI=1S/C15H23NO3/c1-4-5-10-19-11-9-12-7-6-8-13(15(17)18)14(12)16(2)3/h6-8H,4-5,9-11H2,1-3H3,(H,17,18). The monoisotopic (exact) mass is 265 g/mol. The quantitative estimate of drug-likeness (QED) is 0.734. The van der Waals surface area contributed by atoms with Crippen LogP contribution in [-0.2, 0) is 11.2 Å². The van der Waals surface area contributed by atoms with Gasteiger partial charge in [-0.25, -0.2) is 4.79 Å². The fourth-order valence-electron chi connectivity index (χ4n) is 2.02. The summed E-state index contributed by atoms with van der Waals surface area (Å²) in [6.45, 7) is 3.53. The minimum atomic E-state index is -0.891. The molecule has 0 aliphatic heterocycles. The Hall–Kier alpha value is -1.55. The molecule has 0 saturated heterocycles. The minimum absolute atomic E-state index is 0.344. The van der Waals surface area contributed by atoms with Crippen molar-refractivity contribution < 1.29 is 14.6 Å². The molecule has 106 valence electrons. The molecule has 0 unspecified atom stereocenters. The Balaban J connectivity index is 2.77. The van der Waals surface area contributed by atoms with Gasteiger partial charge in [0.2, 0.25) is 0 Å². The van der Waals surface area contributed by atoms with Gasteiger partial charge in [0, 0.05) is 20.7 Å². The summed E-state index contributed by atoms with van der Waals surface area (Å²) < 4.78 is 5.55. The Morgan fingerprint density at radius 1 is 1.32 bits per heavy atom. The second kappa shape index (κ2) is 7.79. The number of hydrogen-bond acceptors (Lipinski definition) is 3. The first-order chi connectivity index (χ1) is 9.07. The number of nitrogens with zero attached hydrogens (tertiary/aromatic N) is 1. The van der Waals surface area contributed by atoms with E-state index >= 15 is 0 Å². The first-order valence-corrected chi connectivity index (χ1v) is 6.68. The number of unbranched alkanes of at least 4 members (excludes halogenated alkanes) is 1. The average molecular weight is 265 g/mol. The molecule has 4 nitrogen and oxygen atoms in total. The number of carboxylic acids is 1. The first kappa shape index (κ1) is 15.5. The van der Waals surface area contributed by atoms with Crippen LogP contribution in [0.4, 0.5) is 5.69 Å². The Bertz CT molecular complexity index is 416. The third-order valence-corrected chi connectivity index (χ3v) is 2.96. The van der Waals surface area contributed by atoms with E-state index in [-0.39, 0.29) is 0 Å². The van der Waals surface area contributed by atoms with Gasteiger partial charge >= 0.3 is 5.97 Å². The molecule has 1 rings (SSSR count). The lowest BCUT2D eigenvalue weighted by molar-refractivity contribution is 0.0697. The number of carbonyl (C=O) groups is 1. The third-order valence-electron chi connectivity index (χ3n) is 2.96. The van der Waals surface area contributed by atoms with Gasteiger partial charge in [0.15, 0.2) is 0 Å². The molecule has 19 heavy (non-hydrogen) atoms. The van der Waals surface area contributed by atoms with Crippen LogP contribution in [0.5, 0.6) is 0 Å². The molecule has 1 aromatic rings. The van der Waals surface area contributed by atoms with Crippen LogP contribution in [0.15, 0.2) is 18.2 Å². The molecule has 0 atom stereocenters. The van der Waals surface area contributed by atoms with Crippen molar-refractivity contribution >= 4 is 11.7 Å². The van der Waals surface area contributed by atoms with Gasteiger partial charge in [-0.15, -0.1) is 0 Å². The minimum Gasteiger partial charge on any atom is -0.478 e. The predicted octanol–water partition coefficient (Wildman–Crippen LogP) is 2.81. The van der Waals surface area contributed by atoms with E-state index in [9.17, 15) is 9.90 Å². The molecule has 0 fully saturated rings. The van der Waals surface area contributed by atoms with Gasteiger partial charge in [-0.3, -0.25) is 0 Å². The topological polar surface area (TPSA) is 49.8 Å². The van der Waals surface area contributed by atoms with E-state index in [0.717, 1.165) is 37.1 Å². The van der Waals surface area contributed by atoms with Gasteiger partial charge in [0.25, 0.3) is 0 Å². The molecule has 0 saturated carbocycles. The van der Waals surface area contributed by atoms with Gasteiger partial charge in [-0.05, 0) is 24.5 Å². The second-order valence-corrected chi connectivity index (χ2v) is 4.73. The lowest BCUT2D eigenvalue weighted by Crippen LogP contribution is -2.17. The third kappa shape index (κ3) is 4.56. The first-order valence-electron chi connectivity index (χ1n) is 6.68. The molecule has 0 radical (unpaired) electrons. The molecular weight excluding hydrogens is 242 g/mol. The summed E-state index contributed by atoms with van der Waals surface area (Å²) in [7, 11) is 3.73. The summed E-state index contributed by atoms with van der Waals surface area (Å²) in [6.07, 6.45) is 2.92. The Morgan fingerprint density at radius 2 is 2.05 bits per heavy atom. The molecule has 4 heteroatoms. The summed E-state index contributed by atoms with van der Waals surface area (Å²) in [4.78, 5) is 13.1. The van der Waals surface area contributed by atoms with Gasteiger partial charge < -0.3 is 14.7 Å². The van der Waals surface area contributed by atoms with E-state index in [0.29, 0.717) is 12.2 Å². The van der Waals surface area contributed by atoms with Gasteiger partial charge in [0.05, 0.1) is 17.9 Å². The molecular formula is C15H23NO3. The van der Waals surface area contributed by atoms with Crippen LogP contribution in [0, 0.1) is 0 Å². The summed E-state index contributed by atoms with van der Waals surface area (Å²) in [5, 5.41) is 9.22. The van der Waals surface area contributed by atoms with E-state index in [1.54, 1.807) is 12.1 Å². The summed E-state index contributed by atoms with van der Waals surface area (Å²) >= 11 is 0. The number of ether oxygens (including phenoxy) is 1. The van der Waals surface area contributed by atoms with Crippen LogP contribution < -0.4 is 4.90 Å². The maximum Gasteiger partial charge on any atom is 0.337 e. The molecule has 0 aliphatic carbocycles. The zero-order valence-electron chi connectivity index (χ0n) is 12.0. The largest absolute Gasteiger partial charge is 0.478 e. The number of aromatic carboxylic acids is 1. The van der Waals surface area contributed by atoms with Crippen molar-refractivity contribution in [1.29, 1.82) is 0 Å². The SMILES string of the molecule is CCCCOCCc1cccc(C(=O)O)c1N(C)C. The molecule has 0 heterocycles. The van der Waals surface area contributed by atoms with Gasteiger partial charge in [-0.2, -0.15) is 0 Å². The fraction of sp³-hybridized carbons (Fsp3) is 0.533. The molecule has 1 aromatic carbocycles. The predicted molar refractivity (Wildman–Crippen MR) is 77.2 cm³/mol. The molecule has 0 amide bonds. The number of carboxylic acid groups (broad SMARTS) is 1. The maximum absolute atomic E-state index is 11.2. The van der Waals surface area contributed by atoms with E-state index in [1.807, 2.05) is 25.1 Å². The van der Waals surface area contributed by atoms with Gasteiger partial charge in [-0.1, -0.05) is 25.5 Å². The number of anilines is 1. The van der Waals surface area contributed by atoms with E-state index in [4.69, 9.17) is 4.74 Å². The lowest BCUT2D eigenvalue weighted by Gasteiger charge is -2.20. The highest BCUT2D eigenvalue weighted by Gasteiger charge is 2.15. The number of benzene rings is 1. The van der Waals surface area contributed by atoms with Crippen LogP contribution >= 0.6 is 0 Å². The van der Waals surface area contributed by atoms with E-state index in [1.165, 1.54) is 0 Å². The second-order valence-electron chi connectivity index (χ2n) is 4.73. The highest BCUT2D eigenvalue weighted by atomic mass is 16.5. The van der Waals surface area contributed by atoms with Gasteiger partial charge in [0.1, 0.15) is 0 Å². The van der Waals surface area contributed by atoms with Crippen molar-refractivity contribution in [2.45, 2.75) is 26.2 Å². The van der Waals surface area contributed by atoms with Crippen molar-refractivity contribution in [3.05, 3.63) is 29.3 Å². The lowest BCUT2D eigenvalue weighted by atomic mass is 10.0. The molecule has 0 aliphatic rings. The Morgan fingerprint density at radius 3 is 2.63 bits per heavy atom.